The summed E-state index contributed by atoms with van der Waals surface area (Å²) in [6.45, 7) is 11.1. The predicted molar refractivity (Wildman–Crippen MR) is 264 cm³/mol. The molecule has 13 atom stereocenters. The average molecular weight is 954 g/mol. The van der Waals surface area contributed by atoms with Crippen LogP contribution in [0.15, 0.2) is 66.7 Å². The Hall–Kier alpha value is -4.53. The molecule has 2 amide bonds. The molecule has 0 spiro atoms. The number of nitrogens with one attached hydrogen (secondary N) is 2. The number of pyridine rings is 1. The maximum atomic E-state index is 14.0. The van der Waals surface area contributed by atoms with Gasteiger partial charge >= 0.3 is 5.97 Å². The van der Waals surface area contributed by atoms with Crippen molar-refractivity contribution in [2.45, 2.75) is 148 Å². The molecule has 0 bridgehead atoms. The fraction of sp³-hybridized carbons (Fsp3) is 0.607. The lowest BCUT2D eigenvalue weighted by Crippen LogP contribution is -2.62. The van der Waals surface area contributed by atoms with E-state index >= 15 is 0 Å². The van der Waals surface area contributed by atoms with Crippen LogP contribution in [0.25, 0.3) is 28.5 Å². The Morgan fingerprint density at radius 2 is 1.64 bits per heavy atom. The first-order chi connectivity index (χ1) is 32.9. The Kier molecular flexibility index (Phi) is 17.2. The number of halogens is 1. The third-order valence-corrected chi connectivity index (χ3v) is 17.1. The highest BCUT2D eigenvalue weighted by molar-refractivity contribution is 5.81. The van der Waals surface area contributed by atoms with Crippen LogP contribution in [0, 0.1) is 52.2 Å². The van der Waals surface area contributed by atoms with Gasteiger partial charge in [0, 0.05) is 30.5 Å². The van der Waals surface area contributed by atoms with Gasteiger partial charge in [0.25, 0.3) is 0 Å². The molecule has 3 unspecified atom stereocenters. The number of amides is 2. The Morgan fingerprint density at radius 1 is 0.899 bits per heavy atom. The van der Waals surface area contributed by atoms with Gasteiger partial charge in [0.05, 0.1) is 54.9 Å². The first-order valence-corrected chi connectivity index (χ1v) is 25.5. The van der Waals surface area contributed by atoms with Gasteiger partial charge in [-0.25, -0.2) is 4.39 Å². The Labute approximate surface area is 407 Å². The van der Waals surface area contributed by atoms with Crippen molar-refractivity contribution in [2.75, 3.05) is 19.7 Å². The number of aliphatic hydroxyl groups excluding tert-OH is 4. The molecule has 69 heavy (non-hydrogen) atoms. The second-order valence-corrected chi connectivity index (χ2v) is 21.7. The number of aromatic nitrogens is 1. The van der Waals surface area contributed by atoms with Crippen molar-refractivity contribution in [3.05, 3.63) is 83.8 Å². The van der Waals surface area contributed by atoms with Gasteiger partial charge < -0.3 is 40.9 Å². The summed E-state index contributed by atoms with van der Waals surface area (Å²) in [5.74, 6) is -0.860. The zero-order valence-electron chi connectivity index (χ0n) is 41.2. The summed E-state index contributed by atoms with van der Waals surface area (Å²) in [7, 11) is 0. The van der Waals surface area contributed by atoms with E-state index in [2.05, 4.69) is 45.3 Å². The molecule has 3 aromatic rings. The number of rotatable bonds is 20. The number of carboxylic acid groups (broad SMARTS) is 1. The molecule has 1 heterocycles. The second kappa shape index (κ2) is 22.7. The van der Waals surface area contributed by atoms with Crippen LogP contribution in [0.5, 0.6) is 0 Å². The Balaban J connectivity index is 0.859. The summed E-state index contributed by atoms with van der Waals surface area (Å²) < 4.78 is 20.3. The number of hydrogen-bond donors (Lipinski definition) is 7. The minimum Gasteiger partial charge on any atom is -0.480 e. The van der Waals surface area contributed by atoms with Gasteiger partial charge in [-0.3, -0.25) is 19.4 Å². The number of carbonyl (C=O) groups is 3. The zero-order chi connectivity index (χ0) is 49.6. The molecule has 7 rings (SSSR count). The summed E-state index contributed by atoms with van der Waals surface area (Å²) >= 11 is 0. The second-order valence-electron chi connectivity index (χ2n) is 21.7. The molecule has 12 nitrogen and oxygen atoms in total. The van der Waals surface area contributed by atoms with Crippen LogP contribution < -0.4 is 10.6 Å². The van der Waals surface area contributed by atoms with Crippen LogP contribution in [0.2, 0.25) is 0 Å². The fourth-order valence-corrected chi connectivity index (χ4v) is 13.4. The molecular weight excluding hydrogens is 878 g/mol. The van der Waals surface area contributed by atoms with Gasteiger partial charge in [0.15, 0.2) is 0 Å². The number of carboxylic acids is 1. The van der Waals surface area contributed by atoms with Gasteiger partial charge in [-0.05, 0) is 139 Å². The van der Waals surface area contributed by atoms with Gasteiger partial charge in [-0.15, -0.1) is 0 Å². The number of benzene rings is 2. The van der Waals surface area contributed by atoms with Crippen molar-refractivity contribution < 1.29 is 49.0 Å². The molecule has 7 N–H and O–H groups in total. The molecule has 4 aliphatic carbocycles. The third-order valence-electron chi connectivity index (χ3n) is 17.1. The molecule has 376 valence electrons. The number of ether oxygens (including phenoxy) is 1. The molecule has 1 aromatic heterocycles. The van der Waals surface area contributed by atoms with E-state index in [0.29, 0.717) is 25.9 Å². The molecular formula is C56H76FN3O9. The third kappa shape index (κ3) is 12.0. The van der Waals surface area contributed by atoms with Crippen molar-refractivity contribution in [3.8, 4) is 22.4 Å². The minimum atomic E-state index is -1.07. The van der Waals surface area contributed by atoms with E-state index in [1.807, 2.05) is 48.6 Å². The minimum absolute atomic E-state index is 0.0123. The predicted octanol–water partition coefficient (Wildman–Crippen LogP) is 8.30. The van der Waals surface area contributed by atoms with E-state index in [4.69, 9.17) is 14.8 Å². The number of aliphatic carboxylic acids is 1. The molecule has 13 heteroatoms. The fourth-order valence-electron chi connectivity index (χ4n) is 13.4. The van der Waals surface area contributed by atoms with Gasteiger partial charge in [0.2, 0.25) is 11.8 Å². The first-order valence-electron chi connectivity index (χ1n) is 25.5. The quantitative estimate of drug-likeness (QED) is 0.0541. The SMILES string of the molecule is CC(C)c1nc(-c2ccccc2)cc(-c2ccc(F)cc2)c1/C=C/C[C@@H](O)C[C@@H](O)CC(=O)NCCO[C@H]1CC[C@]2(C)C3C[C@H](O)[C@@]4(C)C(CC[C@@H]4[C@H](C)CCC(=O)NCC(=O)O)C3[C@H](O)C[C@@H]2C1. The zero-order valence-corrected chi connectivity index (χ0v) is 41.2. The van der Waals surface area contributed by atoms with E-state index in [9.17, 15) is 39.2 Å². The average Bonchev–Trinajstić information content (AvgIpc) is 3.68. The number of nitrogens with zero attached hydrogens (tertiary/aromatic N) is 1. The van der Waals surface area contributed by atoms with Crippen molar-refractivity contribution >= 4 is 23.9 Å². The van der Waals surface area contributed by atoms with E-state index in [-0.39, 0.29) is 108 Å². The molecule has 4 aliphatic rings. The van der Waals surface area contributed by atoms with E-state index < -0.39 is 36.9 Å². The molecule has 0 radical (unpaired) electrons. The summed E-state index contributed by atoms with van der Waals surface area (Å²) in [6, 6.07) is 18.3. The maximum Gasteiger partial charge on any atom is 0.322 e. The maximum absolute atomic E-state index is 14.0. The number of fused-ring (bicyclic) bond motifs is 5. The summed E-state index contributed by atoms with van der Waals surface area (Å²) in [5, 5.41) is 59.8. The van der Waals surface area contributed by atoms with Crippen LogP contribution in [-0.4, -0.2) is 98.5 Å². The lowest BCUT2D eigenvalue weighted by Gasteiger charge is -2.63. The smallest absolute Gasteiger partial charge is 0.322 e. The standard InChI is InChI=1S/C56H76FN3O9/c1-33(2)54-42(43(35-15-17-38(57)18-16-35)30-47(60-54)36-10-7-6-8-11-36)13-9-12-39(61)28-40(62)29-51(66)58-24-25-69-41-22-23-55(4)37(26-41)27-48(63)53-45-20-19-44(56(45,5)49(64)31-46(53)55)34(3)14-21-50(65)59-32-52(67)68/h6-11,13,15-18,30,33-34,37,39-41,44-46,48-49,53,61-64H,12,14,19-29,31-32H2,1-5H3,(H,58,66)(H,59,65)(H,67,68)/b13-9+/t34-,37+,39-,40-,41+,44-,45?,46?,48-,49+,53?,55+,56-/m1/s1. The van der Waals surface area contributed by atoms with Crippen LogP contribution in [-0.2, 0) is 19.1 Å². The molecule has 2 aromatic carbocycles. The topological polar surface area (TPSA) is 199 Å². The van der Waals surface area contributed by atoms with E-state index in [0.717, 1.165) is 65.7 Å². The van der Waals surface area contributed by atoms with Gasteiger partial charge in [-0.2, -0.15) is 0 Å². The first kappa shape index (κ1) is 52.3. The summed E-state index contributed by atoms with van der Waals surface area (Å²) in [4.78, 5) is 41.1. The summed E-state index contributed by atoms with van der Waals surface area (Å²) in [6.07, 6.45) is 7.61. The Bertz CT molecular complexity index is 2260. The van der Waals surface area contributed by atoms with E-state index in [1.165, 1.54) is 12.1 Å². The van der Waals surface area contributed by atoms with Gasteiger partial charge in [0.1, 0.15) is 12.4 Å². The van der Waals surface area contributed by atoms with Crippen molar-refractivity contribution in [2.24, 2.45) is 46.3 Å². The largest absolute Gasteiger partial charge is 0.480 e. The number of carbonyl (C=O) groups excluding carboxylic acids is 2. The highest BCUT2D eigenvalue weighted by Crippen LogP contribution is 2.68. The summed E-state index contributed by atoms with van der Waals surface area (Å²) in [5.41, 5.74) is 4.85. The van der Waals surface area contributed by atoms with E-state index in [1.54, 1.807) is 12.1 Å². The molecule has 4 fully saturated rings. The van der Waals surface area contributed by atoms with Crippen LogP contribution in [0.3, 0.4) is 0 Å². The Morgan fingerprint density at radius 3 is 2.35 bits per heavy atom. The molecule has 0 aliphatic heterocycles. The highest BCUT2D eigenvalue weighted by atomic mass is 19.1. The van der Waals surface area contributed by atoms with Crippen molar-refractivity contribution in [1.29, 1.82) is 0 Å². The van der Waals surface area contributed by atoms with Crippen molar-refractivity contribution in [1.82, 2.24) is 15.6 Å². The highest BCUT2D eigenvalue weighted by Gasteiger charge is 2.65. The van der Waals surface area contributed by atoms with Crippen LogP contribution in [0.1, 0.15) is 129 Å². The monoisotopic (exact) mass is 954 g/mol. The molecule has 4 saturated carbocycles. The normalized spacial score (nSPS) is 30.0. The van der Waals surface area contributed by atoms with Gasteiger partial charge in [-0.1, -0.05) is 89.2 Å². The lowest BCUT2D eigenvalue weighted by molar-refractivity contribution is -0.209. The molecule has 0 saturated heterocycles. The number of hydrogen-bond acceptors (Lipinski definition) is 9. The van der Waals surface area contributed by atoms with Crippen LogP contribution in [0.4, 0.5) is 4.39 Å². The van der Waals surface area contributed by atoms with Crippen LogP contribution >= 0.6 is 0 Å². The van der Waals surface area contributed by atoms with Crippen molar-refractivity contribution in [3.63, 3.8) is 0 Å². The number of aliphatic hydroxyl groups is 4. The lowest BCUT2D eigenvalue weighted by atomic mass is 9.43.